The highest BCUT2D eigenvalue weighted by Crippen LogP contribution is 2.41. The molecule has 92 valence electrons. The molecule has 0 atom stereocenters. The van der Waals surface area contributed by atoms with Crippen molar-refractivity contribution in [3.05, 3.63) is 0 Å². The summed E-state index contributed by atoms with van der Waals surface area (Å²) in [4.78, 5) is 2.68. The van der Waals surface area contributed by atoms with E-state index in [9.17, 15) is 0 Å². The molecule has 3 nitrogen and oxygen atoms in total. The molecule has 1 aliphatic carbocycles. The summed E-state index contributed by atoms with van der Waals surface area (Å²) in [5.74, 6) is 0. The number of hydrogen-bond acceptors (Lipinski definition) is 3. The number of nitrogens with zero attached hydrogens (tertiary/aromatic N) is 1. The molecule has 3 rings (SSSR count). The van der Waals surface area contributed by atoms with Gasteiger partial charge in [-0.3, -0.25) is 4.90 Å². The molecule has 0 aromatic heterocycles. The van der Waals surface area contributed by atoms with Crippen LogP contribution in [0.15, 0.2) is 0 Å². The average molecular weight is 224 g/mol. The first-order valence-corrected chi connectivity index (χ1v) is 6.85. The van der Waals surface area contributed by atoms with E-state index in [1.807, 2.05) is 0 Å². The molecular weight excluding hydrogens is 200 g/mol. The van der Waals surface area contributed by atoms with Crippen molar-refractivity contribution in [3.8, 4) is 0 Å². The van der Waals surface area contributed by atoms with Gasteiger partial charge in [-0.2, -0.15) is 0 Å². The topological polar surface area (TPSA) is 38.5 Å². The summed E-state index contributed by atoms with van der Waals surface area (Å²) in [5.41, 5.74) is 6.49. The van der Waals surface area contributed by atoms with E-state index in [1.165, 1.54) is 51.6 Å². The molecular formula is C13H24N2O. The molecule has 2 aliphatic heterocycles. The molecule has 0 bridgehead atoms. The third-order valence-electron chi connectivity index (χ3n) is 4.74. The van der Waals surface area contributed by atoms with Gasteiger partial charge in [-0.25, -0.2) is 0 Å². The van der Waals surface area contributed by atoms with Crippen LogP contribution in [0.1, 0.15) is 38.5 Å². The highest BCUT2D eigenvalue weighted by atomic mass is 16.5. The van der Waals surface area contributed by atoms with Crippen LogP contribution in [0.3, 0.4) is 0 Å². The lowest BCUT2D eigenvalue weighted by atomic mass is 9.73. The molecule has 1 spiro atoms. The number of nitrogens with two attached hydrogens (primary N) is 1. The summed E-state index contributed by atoms with van der Waals surface area (Å²) >= 11 is 0. The van der Waals surface area contributed by atoms with Crippen LogP contribution in [0.5, 0.6) is 0 Å². The SMILES string of the molecule is NC1CCC(N2CC3(CCCOC3)C2)CC1. The number of hydrogen-bond donors (Lipinski definition) is 1. The second kappa shape index (κ2) is 4.28. The lowest BCUT2D eigenvalue weighted by Gasteiger charge is -2.55. The zero-order valence-corrected chi connectivity index (χ0v) is 10.2. The van der Waals surface area contributed by atoms with Crippen LogP contribution in [0.4, 0.5) is 0 Å². The fourth-order valence-electron chi connectivity index (χ4n) is 3.70. The van der Waals surface area contributed by atoms with Crippen molar-refractivity contribution >= 4 is 0 Å². The molecule has 2 heterocycles. The van der Waals surface area contributed by atoms with Crippen molar-refractivity contribution in [1.82, 2.24) is 4.90 Å². The molecule has 0 unspecified atom stereocenters. The molecule has 16 heavy (non-hydrogen) atoms. The van der Waals surface area contributed by atoms with Gasteiger partial charge in [0.1, 0.15) is 0 Å². The largest absolute Gasteiger partial charge is 0.381 e. The van der Waals surface area contributed by atoms with Gasteiger partial charge in [-0.1, -0.05) is 0 Å². The maximum Gasteiger partial charge on any atom is 0.0547 e. The van der Waals surface area contributed by atoms with Crippen molar-refractivity contribution in [2.24, 2.45) is 11.1 Å². The van der Waals surface area contributed by atoms with Crippen LogP contribution in [-0.2, 0) is 4.74 Å². The minimum atomic E-state index is 0.476. The van der Waals surface area contributed by atoms with E-state index in [0.717, 1.165) is 19.3 Å². The van der Waals surface area contributed by atoms with Gasteiger partial charge in [0.15, 0.2) is 0 Å². The zero-order valence-electron chi connectivity index (χ0n) is 10.2. The summed E-state index contributed by atoms with van der Waals surface area (Å²) in [6, 6.07) is 1.30. The lowest BCUT2D eigenvalue weighted by Crippen LogP contribution is -2.63. The van der Waals surface area contributed by atoms with Gasteiger partial charge in [0.25, 0.3) is 0 Å². The normalized spacial score (nSPS) is 39.6. The molecule has 1 saturated carbocycles. The smallest absolute Gasteiger partial charge is 0.0547 e. The van der Waals surface area contributed by atoms with Gasteiger partial charge >= 0.3 is 0 Å². The fourth-order valence-corrected chi connectivity index (χ4v) is 3.70. The second-order valence-electron chi connectivity index (χ2n) is 6.13. The van der Waals surface area contributed by atoms with Crippen molar-refractivity contribution < 1.29 is 4.74 Å². The van der Waals surface area contributed by atoms with E-state index in [-0.39, 0.29) is 0 Å². The van der Waals surface area contributed by atoms with Crippen LogP contribution in [0.25, 0.3) is 0 Å². The zero-order chi connectivity index (χ0) is 11.0. The van der Waals surface area contributed by atoms with Gasteiger partial charge in [0, 0.05) is 37.2 Å². The van der Waals surface area contributed by atoms with Crippen LogP contribution < -0.4 is 5.73 Å². The quantitative estimate of drug-likeness (QED) is 0.731. The number of rotatable bonds is 1. The van der Waals surface area contributed by atoms with Crippen LogP contribution >= 0.6 is 0 Å². The van der Waals surface area contributed by atoms with Crippen LogP contribution in [0, 0.1) is 5.41 Å². The number of likely N-dealkylation sites (tertiary alicyclic amines) is 1. The van der Waals surface area contributed by atoms with E-state index in [4.69, 9.17) is 10.5 Å². The summed E-state index contributed by atoms with van der Waals surface area (Å²) in [6.45, 7) is 4.57. The number of ether oxygens (including phenoxy) is 1. The molecule has 2 saturated heterocycles. The molecule has 0 aromatic rings. The molecule has 2 N–H and O–H groups in total. The third kappa shape index (κ3) is 2.01. The first kappa shape index (κ1) is 11.0. The van der Waals surface area contributed by atoms with Crippen molar-refractivity contribution in [2.45, 2.75) is 50.6 Å². The monoisotopic (exact) mass is 224 g/mol. The van der Waals surface area contributed by atoms with Gasteiger partial charge in [0.05, 0.1) is 6.61 Å². The molecule has 3 fully saturated rings. The summed E-state index contributed by atoms with van der Waals surface area (Å²) < 4.78 is 5.63. The van der Waals surface area contributed by atoms with E-state index >= 15 is 0 Å². The predicted octanol–water partition coefficient (Wildman–Crippen LogP) is 1.37. The van der Waals surface area contributed by atoms with E-state index < -0.39 is 0 Å². The van der Waals surface area contributed by atoms with E-state index in [0.29, 0.717) is 11.5 Å². The average Bonchev–Trinajstić information content (AvgIpc) is 2.28. The van der Waals surface area contributed by atoms with Crippen LogP contribution in [-0.4, -0.2) is 43.3 Å². The third-order valence-corrected chi connectivity index (χ3v) is 4.74. The highest BCUT2D eigenvalue weighted by Gasteiger charge is 2.46. The maximum absolute atomic E-state index is 5.95. The van der Waals surface area contributed by atoms with Gasteiger partial charge in [0.2, 0.25) is 0 Å². The first-order valence-electron chi connectivity index (χ1n) is 6.85. The predicted molar refractivity (Wildman–Crippen MR) is 64.3 cm³/mol. The fraction of sp³-hybridized carbons (Fsp3) is 1.00. The Kier molecular flexibility index (Phi) is 2.94. The highest BCUT2D eigenvalue weighted by molar-refractivity contribution is 4.99. The van der Waals surface area contributed by atoms with E-state index in [1.54, 1.807) is 0 Å². The Labute approximate surface area is 98.3 Å². The van der Waals surface area contributed by atoms with E-state index in [2.05, 4.69) is 4.90 Å². The standard InChI is InChI=1S/C13H24N2O/c14-11-2-4-12(5-3-11)15-8-13(9-15)6-1-7-16-10-13/h11-12H,1-10,14H2. The Balaban J connectivity index is 1.49. The molecule has 0 amide bonds. The van der Waals surface area contributed by atoms with Gasteiger partial charge < -0.3 is 10.5 Å². The van der Waals surface area contributed by atoms with Crippen molar-refractivity contribution in [1.29, 1.82) is 0 Å². The molecule has 3 aliphatic rings. The minimum absolute atomic E-state index is 0.476. The first-order chi connectivity index (χ1) is 7.77. The Morgan fingerprint density at radius 2 is 1.88 bits per heavy atom. The Morgan fingerprint density at radius 1 is 1.12 bits per heavy atom. The molecule has 0 aromatic carbocycles. The minimum Gasteiger partial charge on any atom is -0.381 e. The summed E-state index contributed by atoms with van der Waals surface area (Å²) in [6.07, 6.45) is 7.74. The molecule has 3 heteroatoms. The summed E-state index contributed by atoms with van der Waals surface area (Å²) in [5, 5.41) is 0. The van der Waals surface area contributed by atoms with Crippen LogP contribution in [0.2, 0.25) is 0 Å². The Bertz CT molecular complexity index is 234. The Morgan fingerprint density at radius 3 is 2.50 bits per heavy atom. The van der Waals surface area contributed by atoms with Gasteiger partial charge in [-0.15, -0.1) is 0 Å². The lowest BCUT2D eigenvalue weighted by molar-refractivity contribution is -0.119. The van der Waals surface area contributed by atoms with Crippen molar-refractivity contribution in [3.63, 3.8) is 0 Å². The maximum atomic E-state index is 5.95. The van der Waals surface area contributed by atoms with Crippen molar-refractivity contribution in [2.75, 3.05) is 26.3 Å². The molecule has 0 radical (unpaired) electrons. The Hall–Kier alpha value is -0.120. The second-order valence-corrected chi connectivity index (χ2v) is 6.13. The van der Waals surface area contributed by atoms with Gasteiger partial charge in [-0.05, 0) is 38.5 Å². The summed E-state index contributed by atoms with van der Waals surface area (Å²) in [7, 11) is 0.